The third-order valence-electron chi connectivity index (χ3n) is 4.08. The van der Waals surface area contributed by atoms with E-state index in [9.17, 15) is 9.59 Å². The zero-order valence-corrected chi connectivity index (χ0v) is 16.9. The summed E-state index contributed by atoms with van der Waals surface area (Å²) >= 11 is 3.42. The molecule has 28 heavy (non-hydrogen) atoms. The highest BCUT2D eigenvalue weighted by atomic mass is 79.9. The molecule has 3 aromatic rings. The van der Waals surface area contributed by atoms with E-state index in [-0.39, 0.29) is 11.6 Å². The fraction of sp³-hybridized carbons (Fsp3) is 0.0435. The Bertz CT molecular complexity index is 1030. The molecule has 0 aliphatic carbocycles. The maximum absolute atomic E-state index is 12.9. The Balaban J connectivity index is 1.90. The molecule has 0 aliphatic rings. The summed E-state index contributed by atoms with van der Waals surface area (Å²) in [7, 11) is 0. The summed E-state index contributed by atoms with van der Waals surface area (Å²) < 4.78 is 0.884. The highest BCUT2D eigenvalue weighted by Gasteiger charge is 2.15. The minimum absolute atomic E-state index is 0.162. The summed E-state index contributed by atoms with van der Waals surface area (Å²) in [5.74, 6) is -0.736. The standard InChI is InChI=1S/C23H19BrN2O2/c1-16-8-5-6-13-20(16)25-23(28)21(15-17-9-7-12-19(24)14-17)26-22(27)18-10-3-2-4-11-18/h2-15H,1H3,(H,25,28)(H,26,27)/b21-15-. The molecule has 0 saturated carbocycles. The first-order chi connectivity index (χ1) is 13.5. The van der Waals surface area contributed by atoms with Gasteiger partial charge in [0, 0.05) is 15.7 Å². The number of carbonyl (C=O) groups is 2. The number of amides is 2. The summed E-state index contributed by atoms with van der Waals surface area (Å²) in [6, 6.07) is 23.8. The number of anilines is 1. The lowest BCUT2D eigenvalue weighted by Gasteiger charge is -2.13. The van der Waals surface area contributed by atoms with Gasteiger partial charge in [-0.05, 0) is 54.5 Å². The Morgan fingerprint density at radius 3 is 2.32 bits per heavy atom. The van der Waals surface area contributed by atoms with E-state index >= 15 is 0 Å². The molecule has 0 atom stereocenters. The van der Waals surface area contributed by atoms with E-state index in [0.29, 0.717) is 11.3 Å². The fourth-order valence-corrected chi connectivity index (χ4v) is 3.03. The number of para-hydroxylation sites is 1. The Hall–Kier alpha value is -3.18. The van der Waals surface area contributed by atoms with Gasteiger partial charge in [0.1, 0.15) is 5.70 Å². The second kappa shape index (κ2) is 9.15. The zero-order chi connectivity index (χ0) is 19.9. The Morgan fingerprint density at radius 1 is 0.893 bits per heavy atom. The van der Waals surface area contributed by atoms with Crippen molar-refractivity contribution in [1.29, 1.82) is 0 Å². The van der Waals surface area contributed by atoms with Crippen LogP contribution in [0.15, 0.2) is 89.0 Å². The lowest BCUT2D eigenvalue weighted by molar-refractivity contribution is -0.113. The van der Waals surface area contributed by atoms with Crippen molar-refractivity contribution in [2.24, 2.45) is 0 Å². The van der Waals surface area contributed by atoms with Crippen molar-refractivity contribution in [3.05, 3.63) is 106 Å². The number of nitrogens with one attached hydrogen (secondary N) is 2. The molecule has 0 bridgehead atoms. The molecule has 0 aromatic heterocycles. The SMILES string of the molecule is Cc1ccccc1NC(=O)/C(=C/c1cccc(Br)c1)NC(=O)c1ccccc1. The number of carbonyl (C=O) groups excluding carboxylic acids is 2. The minimum Gasteiger partial charge on any atom is -0.320 e. The van der Waals surface area contributed by atoms with Gasteiger partial charge in [0.15, 0.2) is 0 Å². The van der Waals surface area contributed by atoms with E-state index in [1.807, 2.05) is 61.5 Å². The zero-order valence-electron chi connectivity index (χ0n) is 15.3. The highest BCUT2D eigenvalue weighted by molar-refractivity contribution is 9.10. The van der Waals surface area contributed by atoms with Gasteiger partial charge >= 0.3 is 0 Å². The largest absolute Gasteiger partial charge is 0.320 e. The van der Waals surface area contributed by atoms with Gasteiger partial charge in [0.2, 0.25) is 0 Å². The topological polar surface area (TPSA) is 58.2 Å². The lowest BCUT2D eigenvalue weighted by Crippen LogP contribution is -2.30. The molecule has 4 nitrogen and oxygen atoms in total. The molecular formula is C23H19BrN2O2. The highest BCUT2D eigenvalue weighted by Crippen LogP contribution is 2.17. The van der Waals surface area contributed by atoms with Crippen molar-refractivity contribution in [3.63, 3.8) is 0 Å². The Morgan fingerprint density at radius 2 is 1.61 bits per heavy atom. The summed E-state index contributed by atoms with van der Waals surface area (Å²) in [6.07, 6.45) is 1.65. The third-order valence-corrected chi connectivity index (χ3v) is 4.57. The summed E-state index contributed by atoms with van der Waals surface area (Å²) in [5, 5.41) is 5.60. The quantitative estimate of drug-likeness (QED) is 0.544. The van der Waals surface area contributed by atoms with Crippen LogP contribution in [0.25, 0.3) is 6.08 Å². The number of hydrogen-bond acceptors (Lipinski definition) is 2. The van der Waals surface area contributed by atoms with Crippen LogP contribution in [0.4, 0.5) is 5.69 Å². The molecule has 3 aromatic carbocycles. The van der Waals surface area contributed by atoms with Crippen molar-refractivity contribution in [2.45, 2.75) is 6.92 Å². The predicted molar refractivity (Wildman–Crippen MR) is 116 cm³/mol. The number of halogens is 1. The van der Waals surface area contributed by atoms with Gasteiger partial charge in [0.05, 0.1) is 0 Å². The van der Waals surface area contributed by atoms with Gasteiger partial charge in [-0.2, -0.15) is 0 Å². The second-order valence-electron chi connectivity index (χ2n) is 6.20. The lowest BCUT2D eigenvalue weighted by atomic mass is 10.1. The van der Waals surface area contributed by atoms with E-state index < -0.39 is 5.91 Å². The molecule has 0 heterocycles. The Kier molecular flexibility index (Phi) is 6.40. The first-order valence-electron chi connectivity index (χ1n) is 8.73. The predicted octanol–water partition coefficient (Wildman–Crippen LogP) is 5.17. The smallest absolute Gasteiger partial charge is 0.272 e. The van der Waals surface area contributed by atoms with Crippen LogP contribution in [0.5, 0.6) is 0 Å². The van der Waals surface area contributed by atoms with Gasteiger partial charge in [-0.3, -0.25) is 9.59 Å². The molecule has 0 spiro atoms. The summed E-state index contributed by atoms with van der Waals surface area (Å²) in [6.45, 7) is 1.91. The van der Waals surface area contributed by atoms with Crippen LogP contribution < -0.4 is 10.6 Å². The molecule has 2 N–H and O–H groups in total. The molecule has 0 unspecified atom stereocenters. The second-order valence-corrected chi connectivity index (χ2v) is 7.12. The first kappa shape index (κ1) is 19.6. The van der Waals surface area contributed by atoms with Gasteiger partial charge < -0.3 is 10.6 Å². The molecule has 0 fully saturated rings. The molecule has 0 radical (unpaired) electrons. The van der Waals surface area contributed by atoms with Gasteiger partial charge in [-0.25, -0.2) is 0 Å². The van der Waals surface area contributed by atoms with Crippen molar-refractivity contribution < 1.29 is 9.59 Å². The van der Waals surface area contributed by atoms with Crippen LogP contribution in [-0.2, 0) is 4.79 Å². The molecule has 0 saturated heterocycles. The first-order valence-corrected chi connectivity index (χ1v) is 9.53. The van der Waals surface area contributed by atoms with E-state index in [4.69, 9.17) is 0 Å². The normalized spacial score (nSPS) is 11.0. The van der Waals surface area contributed by atoms with Crippen LogP contribution >= 0.6 is 15.9 Å². The molecular weight excluding hydrogens is 416 g/mol. The minimum atomic E-state index is -0.390. The van der Waals surface area contributed by atoms with E-state index in [1.54, 1.807) is 30.3 Å². The molecule has 3 rings (SSSR count). The molecule has 2 amide bonds. The van der Waals surface area contributed by atoms with E-state index in [2.05, 4.69) is 26.6 Å². The molecule has 140 valence electrons. The Labute approximate surface area is 172 Å². The number of rotatable bonds is 5. The van der Waals surface area contributed by atoms with E-state index in [0.717, 1.165) is 15.6 Å². The monoisotopic (exact) mass is 434 g/mol. The number of benzene rings is 3. The maximum Gasteiger partial charge on any atom is 0.272 e. The molecule has 0 aliphatic heterocycles. The third kappa shape index (κ3) is 5.18. The molecule has 5 heteroatoms. The van der Waals surface area contributed by atoms with Crippen LogP contribution in [0.1, 0.15) is 21.5 Å². The van der Waals surface area contributed by atoms with Crippen LogP contribution in [0, 0.1) is 6.92 Å². The van der Waals surface area contributed by atoms with Crippen molar-refractivity contribution >= 4 is 39.5 Å². The van der Waals surface area contributed by atoms with Crippen LogP contribution in [0.3, 0.4) is 0 Å². The van der Waals surface area contributed by atoms with E-state index in [1.165, 1.54) is 0 Å². The van der Waals surface area contributed by atoms with Crippen LogP contribution in [0.2, 0.25) is 0 Å². The van der Waals surface area contributed by atoms with Gasteiger partial charge in [0.25, 0.3) is 11.8 Å². The average molecular weight is 435 g/mol. The average Bonchev–Trinajstić information content (AvgIpc) is 2.70. The van der Waals surface area contributed by atoms with Gasteiger partial charge in [-0.15, -0.1) is 0 Å². The van der Waals surface area contributed by atoms with Gasteiger partial charge in [-0.1, -0.05) is 64.5 Å². The number of hydrogen-bond donors (Lipinski definition) is 2. The number of aryl methyl sites for hydroxylation is 1. The summed E-state index contributed by atoms with van der Waals surface area (Å²) in [5.41, 5.74) is 3.06. The maximum atomic E-state index is 12.9. The summed E-state index contributed by atoms with van der Waals surface area (Å²) in [4.78, 5) is 25.5. The van der Waals surface area contributed by atoms with Crippen molar-refractivity contribution in [1.82, 2.24) is 5.32 Å². The fourth-order valence-electron chi connectivity index (χ4n) is 2.61. The van der Waals surface area contributed by atoms with Crippen molar-refractivity contribution in [3.8, 4) is 0 Å². The van der Waals surface area contributed by atoms with Crippen molar-refractivity contribution in [2.75, 3.05) is 5.32 Å². The van der Waals surface area contributed by atoms with Crippen LogP contribution in [-0.4, -0.2) is 11.8 Å².